The quantitative estimate of drug-likeness (QED) is 0.697. The van der Waals surface area contributed by atoms with E-state index >= 15 is 0 Å². The van der Waals surface area contributed by atoms with Crippen molar-refractivity contribution in [2.24, 2.45) is 0 Å². The van der Waals surface area contributed by atoms with Gasteiger partial charge in [0, 0.05) is 30.4 Å². The summed E-state index contributed by atoms with van der Waals surface area (Å²) in [7, 11) is 0. The fourth-order valence-electron chi connectivity index (χ4n) is 1.73. The van der Waals surface area contributed by atoms with Crippen molar-refractivity contribution in [1.82, 2.24) is 9.88 Å². The van der Waals surface area contributed by atoms with Crippen molar-refractivity contribution in [1.29, 1.82) is 0 Å². The molecule has 0 spiro atoms. The molecule has 3 nitrogen and oxygen atoms in total. The molecule has 0 fully saturated rings. The third kappa shape index (κ3) is 1.72. The van der Waals surface area contributed by atoms with Gasteiger partial charge in [-0.2, -0.15) is 0 Å². The Labute approximate surface area is 87.8 Å². The van der Waals surface area contributed by atoms with Crippen LogP contribution in [0.5, 0.6) is 0 Å². The largest absolute Gasteiger partial charge is 0.295 e. The van der Waals surface area contributed by atoms with E-state index in [1.165, 1.54) is 16.2 Å². The molecule has 4 heteroatoms. The molecule has 0 N–H and O–H groups in total. The van der Waals surface area contributed by atoms with Gasteiger partial charge >= 0.3 is 0 Å². The number of carbonyl (C=O) groups is 1. The van der Waals surface area contributed by atoms with E-state index < -0.39 is 0 Å². The standard InChI is InChI=1S/C10H14N2OS/c1-7(2)12-4-3-8-9(5-12)14-10(6-13)11-8/h6-7H,3-5H2,1-2H3. The molecule has 0 saturated carbocycles. The number of hydrogen-bond donors (Lipinski definition) is 0. The molecule has 0 aromatic carbocycles. The first-order valence-corrected chi connectivity index (χ1v) is 5.70. The molecule has 1 aromatic heterocycles. The summed E-state index contributed by atoms with van der Waals surface area (Å²) in [5.74, 6) is 0. The van der Waals surface area contributed by atoms with Crippen molar-refractivity contribution in [3.05, 3.63) is 15.6 Å². The lowest BCUT2D eigenvalue weighted by Gasteiger charge is -2.29. The Hall–Kier alpha value is -0.740. The normalized spacial score (nSPS) is 17.1. The van der Waals surface area contributed by atoms with Crippen LogP contribution < -0.4 is 0 Å². The Kier molecular flexibility index (Phi) is 2.65. The molecule has 76 valence electrons. The second-order valence-corrected chi connectivity index (χ2v) is 4.97. The van der Waals surface area contributed by atoms with Gasteiger partial charge in [-0.15, -0.1) is 11.3 Å². The Morgan fingerprint density at radius 1 is 1.57 bits per heavy atom. The lowest BCUT2D eigenvalue weighted by molar-refractivity contribution is 0.112. The van der Waals surface area contributed by atoms with Gasteiger partial charge in [0.05, 0.1) is 5.69 Å². The van der Waals surface area contributed by atoms with Crippen LogP contribution in [-0.2, 0) is 13.0 Å². The molecular weight excluding hydrogens is 196 g/mol. The summed E-state index contributed by atoms with van der Waals surface area (Å²) in [6.45, 7) is 6.42. The number of carbonyl (C=O) groups excluding carboxylic acids is 1. The third-order valence-corrected chi connectivity index (χ3v) is 3.62. The van der Waals surface area contributed by atoms with E-state index in [1.54, 1.807) is 0 Å². The van der Waals surface area contributed by atoms with Gasteiger partial charge in [-0.05, 0) is 13.8 Å². The van der Waals surface area contributed by atoms with Crippen LogP contribution in [0.15, 0.2) is 0 Å². The van der Waals surface area contributed by atoms with Gasteiger partial charge < -0.3 is 0 Å². The van der Waals surface area contributed by atoms with Crippen LogP contribution >= 0.6 is 11.3 Å². The molecule has 14 heavy (non-hydrogen) atoms. The summed E-state index contributed by atoms with van der Waals surface area (Å²) in [5.41, 5.74) is 1.13. The second kappa shape index (κ2) is 3.79. The Morgan fingerprint density at radius 2 is 2.36 bits per heavy atom. The highest BCUT2D eigenvalue weighted by Gasteiger charge is 2.21. The van der Waals surface area contributed by atoms with Crippen molar-refractivity contribution in [3.8, 4) is 0 Å². The van der Waals surface area contributed by atoms with E-state index in [0.29, 0.717) is 11.0 Å². The van der Waals surface area contributed by atoms with Crippen LogP contribution in [0, 0.1) is 0 Å². The average Bonchev–Trinajstić information content (AvgIpc) is 2.58. The molecule has 1 aromatic rings. The first kappa shape index (κ1) is 9.80. The van der Waals surface area contributed by atoms with Gasteiger partial charge in [-0.25, -0.2) is 4.98 Å². The molecule has 0 bridgehead atoms. The van der Waals surface area contributed by atoms with Crippen molar-refractivity contribution in [2.75, 3.05) is 6.54 Å². The summed E-state index contributed by atoms with van der Waals surface area (Å²) < 4.78 is 0. The summed E-state index contributed by atoms with van der Waals surface area (Å²) in [6, 6.07) is 0.574. The van der Waals surface area contributed by atoms with Gasteiger partial charge in [0.25, 0.3) is 0 Å². The maximum atomic E-state index is 10.6. The Bertz CT molecular complexity index is 346. The topological polar surface area (TPSA) is 33.2 Å². The summed E-state index contributed by atoms with van der Waals surface area (Å²) in [5, 5.41) is 0.626. The molecule has 0 unspecified atom stereocenters. The summed E-state index contributed by atoms with van der Waals surface area (Å²) >= 11 is 1.54. The van der Waals surface area contributed by atoms with Gasteiger partial charge in [0.2, 0.25) is 0 Å². The summed E-state index contributed by atoms with van der Waals surface area (Å²) in [6.07, 6.45) is 1.83. The first-order chi connectivity index (χ1) is 6.70. The maximum absolute atomic E-state index is 10.6. The van der Waals surface area contributed by atoms with Gasteiger partial charge in [-0.3, -0.25) is 9.69 Å². The molecule has 0 amide bonds. The molecule has 1 aliphatic heterocycles. The van der Waals surface area contributed by atoms with Crippen molar-refractivity contribution in [2.45, 2.75) is 32.9 Å². The predicted octanol–water partition coefficient (Wildman–Crippen LogP) is 1.72. The molecule has 0 radical (unpaired) electrons. The van der Waals surface area contributed by atoms with Crippen LogP contribution in [0.25, 0.3) is 0 Å². The highest BCUT2D eigenvalue weighted by atomic mass is 32.1. The second-order valence-electron chi connectivity index (χ2n) is 3.85. The SMILES string of the molecule is CC(C)N1CCc2nc(C=O)sc2C1. The minimum atomic E-state index is 0.574. The predicted molar refractivity (Wildman–Crippen MR) is 56.8 cm³/mol. The van der Waals surface area contributed by atoms with E-state index in [0.717, 1.165) is 31.5 Å². The molecule has 0 aliphatic carbocycles. The molecule has 1 aliphatic rings. The lowest BCUT2D eigenvalue weighted by Crippen LogP contribution is -2.35. The lowest BCUT2D eigenvalue weighted by atomic mass is 10.1. The van der Waals surface area contributed by atoms with E-state index in [4.69, 9.17) is 0 Å². The number of nitrogens with zero attached hydrogens (tertiary/aromatic N) is 2. The van der Waals surface area contributed by atoms with Gasteiger partial charge in [0.1, 0.15) is 0 Å². The number of rotatable bonds is 2. The van der Waals surface area contributed by atoms with Crippen molar-refractivity contribution < 1.29 is 4.79 Å². The smallest absolute Gasteiger partial charge is 0.178 e. The van der Waals surface area contributed by atoms with Crippen LogP contribution in [0.4, 0.5) is 0 Å². The van der Waals surface area contributed by atoms with E-state index in [9.17, 15) is 4.79 Å². The Morgan fingerprint density at radius 3 is 3.00 bits per heavy atom. The minimum Gasteiger partial charge on any atom is -0.295 e. The van der Waals surface area contributed by atoms with Gasteiger partial charge in [0.15, 0.2) is 11.3 Å². The zero-order chi connectivity index (χ0) is 10.1. The first-order valence-electron chi connectivity index (χ1n) is 4.88. The highest BCUT2D eigenvalue weighted by Crippen LogP contribution is 2.25. The van der Waals surface area contributed by atoms with Crippen LogP contribution in [-0.4, -0.2) is 28.8 Å². The number of thiazole rings is 1. The monoisotopic (exact) mass is 210 g/mol. The molecule has 2 heterocycles. The highest BCUT2D eigenvalue weighted by molar-refractivity contribution is 7.13. The van der Waals surface area contributed by atoms with E-state index in [-0.39, 0.29) is 0 Å². The zero-order valence-corrected chi connectivity index (χ0v) is 9.30. The fraction of sp³-hybridized carbons (Fsp3) is 0.600. The van der Waals surface area contributed by atoms with E-state index in [2.05, 4.69) is 23.7 Å². The number of aldehydes is 1. The van der Waals surface area contributed by atoms with Crippen molar-refractivity contribution >= 4 is 17.6 Å². The molecule has 0 saturated heterocycles. The maximum Gasteiger partial charge on any atom is 0.178 e. The number of aromatic nitrogens is 1. The number of fused-ring (bicyclic) bond motifs is 1. The van der Waals surface area contributed by atoms with Crippen molar-refractivity contribution in [3.63, 3.8) is 0 Å². The fourth-order valence-corrected chi connectivity index (χ4v) is 2.68. The summed E-state index contributed by atoms with van der Waals surface area (Å²) in [4.78, 5) is 18.5. The van der Waals surface area contributed by atoms with Crippen LogP contribution in [0.2, 0.25) is 0 Å². The Balaban J connectivity index is 2.21. The molecular formula is C10H14N2OS. The van der Waals surface area contributed by atoms with E-state index in [1.807, 2.05) is 0 Å². The molecule has 2 rings (SSSR count). The van der Waals surface area contributed by atoms with Crippen LogP contribution in [0.3, 0.4) is 0 Å². The minimum absolute atomic E-state index is 0.574. The average molecular weight is 210 g/mol. The molecule has 0 atom stereocenters. The number of hydrogen-bond acceptors (Lipinski definition) is 4. The van der Waals surface area contributed by atoms with Crippen LogP contribution in [0.1, 0.15) is 34.2 Å². The van der Waals surface area contributed by atoms with Gasteiger partial charge in [-0.1, -0.05) is 0 Å². The zero-order valence-electron chi connectivity index (χ0n) is 8.49. The third-order valence-electron chi connectivity index (χ3n) is 2.61.